The van der Waals surface area contributed by atoms with Crippen molar-refractivity contribution in [1.29, 1.82) is 0 Å². The topological polar surface area (TPSA) is 43.1 Å². The standard InChI is InChI=1S/C12H17ClN4/c1-6-12(4,5)11-16-15-10-9(13)14-7(2)8(3)17(10)11/h6H2,1-5H3. The van der Waals surface area contributed by atoms with Gasteiger partial charge in [0.25, 0.3) is 0 Å². The lowest BCUT2D eigenvalue weighted by atomic mass is 9.89. The molecule has 0 N–H and O–H groups in total. The lowest BCUT2D eigenvalue weighted by molar-refractivity contribution is 0.466. The number of hydrogen-bond donors (Lipinski definition) is 0. The van der Waals surface area contributed by atoms with Gasteiger partial charge < -0.3 is 0 Å². The third-order valence-electron chi connectivity index (χ3n) is 3.46. The summed E-state index contributed by atoms with van der Waals surface area (Å²) in [4.78, 5) is 4.26. The molecule has 2 aromatic rings. The van der Waals surface area contributed by atoms with Crippen LogP contribution in [0.3, 0.4) is 0 Å². The summed E-state index contributed by atoms with van der Waals surface area (Å²) in [5, 5.41) is 8.86. The Labute approximate surface area is 106 Å². The van der Waals surface area contributed by atoms with Gasteiger partial charge in [-0.2, -0.15) is 0 Å². The lowest BCUT2D eigenvalue weighted by Gasteiger charge is -2.21. The van der Waals surface area contributed by atoms with E-state index in [0.717, 1.165) is 23.6 Å². The van der Waals surface area contributed by atoms with Crippen LogP contribution in [0.15, 0.2) is 0 Å². The summed E-state index contributed by atoms with van der Waals surface area (Å²) in [6, 6.07) is 0. The normalized spacial score (nSPS) is 12.4. The third kappa shape index (κ3) is 1.80. The highest BCUT2D eigenvalue weighted by Crippen LogP contribution is 2.28. The van der Waals surface area contributed by atoms with Crippen molar-refractivity contribution in [1.82, 2.24) is 19.6 Å². The maximum atomic E-state index is 6.11. The number of fused-ring (bicyclic) bond motifs is 1. The van der Waals surface area contributed by atoms with E-state index in [0.29, 0.717) is 10.8 Å². The second-order valence-electron chi connectivity index (χ2n) is 4.99. The van der Waals surface area contributed by atoms with E-state index in [1.165, 1.54) is 0 Å². The molecule has 0 saturated heterocycles. The summed E-state index contributed by atoms with van der Waals surface area (Å²) >= 11 is 6.11. The molecule has 92 valence electrons. The van der Waals surface area contributed by atoms with Crippen LogP contribution in [0.25, 0.3) is 5.65 Å². The van der Waals surface area contributed by atoms with Crippen molar-refractivity contribution in [2.24, 2.45) is 0 Å². The largest absolute Gasteiger partial charge is 0.279 e. The van der Waals surface area contributed by atoms with Gasteiger partial charge in [0.1, 0.15) is 5.82 Å². The first-order valence-corrected chi connectivity index (χ1v) is 6.14. The molecule has 0 fully saturated rings. The highest BCUT2D eigenvalue weighted by Gasteiger charge is 2.26. The van der Waals surface area contributed by atoms with E-state index in [2.05, 4.69) is 36.0 Å². The molecule has 4 nitrogen and oxygen atoms in total. The van der Waals surface area contributed by atoms with E-state index in [1.807, 2.05) is 18.2 Å². The molecule has 17 heavy (non-hydrogen) atoms. The van der Waals surface area contributed by atoms with Gasteiger partial charge in [0.2, 0.25) is 0 Å². The fraction of sp³-hybridized carbons (Fsp3) is 0.583. The molecule has 0 aliphatic carbocycles. The monoisotopic (exact) mass is 252 g/mol. The molecular formula is C12H17ClN4. The molecule has 0 atom stereocenters. The average molecular weight is 253 g/mol. The SMILES string of the molecule is CCC(C)(C)c1nnc2c(Cl)nc(C)c(C)n12. The first kappa shape index (κ1) is 12.3. The molecular weight excluding hydrogens is 236 g/mol. The molecule has 5 heteroatoms. The van der Waals surface area contributed by atoms with Crippen molar-refractivity contribution >= 4 is 17.2 Å². The van der Waals surface area contributed by atoms with E-state index in [-0.39, 0.29) is 5.41 Å². The summed E-state index contributed by atoms with van der Waals surface area (Å²) < 4.78 is 2.02. The Morgan fingerprint density at radius 3 is 2.47 bits per heavy atom. The van der Waals surface area contributed by atoms with Crippen molar-refractivity contribution in [3.63, 3.8) is 0 Å². The zero-order valence-electron chi connectivity index (χ0n) is 10.9. The Balaban J connectivity index is 2.85. The van der Waals surface area contributed by atoms with E-state index < -0.39 is 0 Å². The van der Waals surface area contributed by atoms with Crippen LogP contribution in [0.4, 0.5) is 0 Å². The zero-order chi connectivity index (χ0) is 12.8. The van der Waals surface area contributed by atoms with E-state index >= 15 is 0 Å². The molecule has 0 spiro atoms. The Morgan fingerprint density at radius 2 is 1.88 bits per heavy atom. The van der Waals surface area contributed by atoms with Crippen LogP contribution in [0.1, 0.15) is 44.4 Å². The number of aryl methyl sites for hydroxylation is 2. The minimum absolute atomic E-state index is 0.0265. The first-order valence-electron chi connectivity index (χ1n) is 5.76. The Kier molecular flexibility index (Phi) is 2.86. The molecule has 2 aromatic heterocycles. The van der Waals surface area contributed by atoms with E-state index in [9.17, 15) is 0 Å². The predicted octanol–water partition coefficient (Wildman–Crippen LogP) is 3.08. The summed E-state index contributed by atoms with van der Waals surface area (Å²) in [5.74, 6) is 0.944. The average Bonchev–Trinajstić information content (AvgIpc) is 2.71. The lowest BCUT2D eigenvalue weighted by Crippen LogP contribution is -2.20. The molecule has 2 heterocycles. The van der Waals surface area contributed by atoms with Crippen molar-refractivity contribution in [2.75, 3.05) is 0 Å². The Morgan fingerprint density at radius 1 is 1.24 bits per heavy atom. The van der Waals surface area contributed by atoms with Gasteiger partial charge >= 0.3 is 0 Å². The molecule has 0 aliphatic rings. The molecule has 0 aliphatic heterocycles. The number of hydrogen-bond acceptors (Lipinski definition) is 3. The third-order valence-corrected chi connectivity index (χ3v) is 3.72. The van der Waals surface area contributed by atoms with Gasteiger partial charge in [0.05, 0.1) is 5.69 Å². The quantitative estimate of drug-likeness (QED) is 0.825. The van der Waals surface area contributed by atoms with Crippen LogP contribution >= 0.6 is 11.6 Å². The van der Waals surface area contributed by atoms with Crippen molar-refractivity contribution in [3.8, 4) is 0 Å². The summed E-state index contributed by atoms with van der Waals surface area (Å²) in [6.45, 7) is 10.4. The number of halogens is 1. The van der Waals surface area contributed by atoms with Gasteiger partial charge in [-0.25, -0.2) is 4.98 Å². The maximum absolute atomic E-state index is 6.11. The van der Waals surface area contributed by atoms with Crippen LogP contribution in [-0.2, 0) is 5.41 Å². The molecule has 0 aromatic carbocycles. The van der Waals surface area contributed by atoms with Gasteiger partial charge in [-0.3, -0.25) is 4.40 Å². The number of rotatable bonds is 2. The van der Waals surface area contributed by atoms with Crippen molar-refractivity contribution in [3.05, 3.63) is 22.4 Å². The molecule has 0 saturated carbocycles. The van der Waals surface area contributed by atoms with Crippen LogP contribution in [0, 0.1) is 13.8 Å². The van der Waals surface area contributed by atoms with Crippen molar-refractivity contribution in [2.45, 2.75) is 46.5 Å². The fourth-order valence-corrected chi connectivity index (χ4v) is 2.02. The van der Waals surface area contributed by atoms with Gasteiger partial charge in [-0.05, 0) is 20.3 Å². The summed E-state index contributed by atoms with van der Waals surface area (Å²) in [6.07, 6.45) is 0.992. The minimum atomic E-state index is -0.0265. The molecule has 0 unspecified atom stereocenters. The summed E-state index contributed by atoms with van der Waals surface area (Å²) in [5.41, 5.74) is 2.58. The fourth-order valence-electron chi connectivity index (χ4n) is 1.77. The number of aromatic nitrogens is 4. The smallest absolute Gasteiger partial charge is 0.198 e. The van der Waals surface area contributed by atoms with Gasteiger partial charge in [0, 0.05) is 11.1 Å². The Hall–Kier alpha value is -1.16. The Bertz CT molecular complexity index is 571. The van der Waals surface area contributed by atoms with Crippen LogP contribution in [0.5, 0.6) is 0 Å². The van der Waals surface area contributed by atoms with Crippen LogP contribution in [-0.4, -0.2) is 19.6 Å². The molecule has 2 rings (SSSR count). The van der Waals surface area contributed by atoms with E-state index in [4.69, 9.17) is 11.6 Å². The van der Waals surface area contributed by atoms with E-state index in [1.54, 1.807) is 0 Å². The highest BCUT2D eigenvalue weighted by atomic mass is 35.5. The second kappa shape index (κ2) is 3.95. The van der Waals surface area contributed by atoms with Gasteiger partial charge in [0.15, 0.2) is 10.8 Å². The number of nitrogens with zero attached hydrogens (tertiary/aromatic N) is 4. The molecule has 0 radical (unpaired) electrons. The summed E-state index contributed by atoms with van der Waals surface area (Å²) in [7, 11) is 0. The van der Waals surface area contributed by atoms with Crippen LogP contribution in [0.2, 0.25) is 5.15 Å². The van der Waals surface area contributed by atoms with Crippen molar-refractivity contribution < 1.29 is 0 Å². The zero-order valence-corrected chi connectivity index (χ0v) is 11.6. The first-order chi connectivity index (χ1) is 7.88. The highest BCUT2D eigenvalue weighted by molar-refractivity contribution is 6.32. The molecule has 0 amide bonds. The predicted molar refractivity (Wildman–Crippen MR) is 68.6 cm³/mol. The maximum Gasteiger partial charge on any atom is 0.198 e. The van der Waals surface area contributed by atoms with Gasteiger partial charge in [-0.1, -0.05) is 32.4 Å². The molecule has 0 bridgehead atoms. The second-order valence-corrected chi connectivity index (χ2v) is 5.35. The van der Waals surface area contributed by atoms with Gasteiger partial charge in [-0.15, -0.1) is 10.2 Å². The minimum Gasteiger partial charge on any atom is -0.279 e. The van der Waals surface area contributed by atoms with Crippen LogP contribution < -0.4 is 0 Å².